The minimum Gasteiger partial charge on any atom is -0.469 e. The van der Waals surface area contributed by atoms with Crippen LogP contribution in [0.5, 0.6) is 0 Å². The van der Waals surface area contributed by atoms with Crippen molar-refractivity contribution in [3.63, 3.8) is 0 Å². The van der Waals surface area contributed by atoms with Crippen LogP contribution in [-0.2, 0) is 20.9 Å². The summed E-state index contributed by atoms with van der Waals surface area (Å²) in [5, 5.41) is 6.21. The van der Waals surface area contributed by atoms with Crippen LogP contribution >= 0.6 is 0 Å². The average molecular weight is 340 g/mol. The zero-order valence-corrected chi connectivity index (χ0v) is 14.8. The van der Waals surface area contributed by atoms with Gasteiger partial charge in [0.15, 0.2) is 0 Å². The van der Waals surface area contributed by atoms with E-state index in [1.807, 2.05) is 61.5 Å². The number of methoxy groups -OCH3 is 1. The Kier molecular flexibility index (Phi) is 6.71. The van der Waals surface area contributed by atoms with Crippen LogP contribution in [0.2, 0.25) is 0 Å². The number of hydrogen-bond donors (Lipinski definition) is 2. The van der Waals surface area contributed by atoms with Crippen molar-refractivity contribution < 1.29 is 14.3 Å². The summed E-state index contributed by atoms with van der Waals surface area (Å²) in [6.07, 6.45) is 0. The van der Waals surface area contributed by atoms with E-state index in [0.717, 1.165) is 16.8 Å². The van der Waals surface area contributed by atoms with E-state index in [9.17, 15) is 9.59 Å². The molecule has 0 fully saturated rings. The van der Waals surface area contributed by atoms with Crippen LogP contribution in [0.1, 0.15) is 31.0 Å². The molecule has 0 radical (unpaired) electrons. The number of nitrogens with one attached hydrogen (secondary N) is 2. The van der Waals surface area contributed by atoms with Crippen molar-refractivity contribution in [1.82, 2.24) is 5.32 Å². The third-order valence-electron chi connectivity index (χ3n) is 4.01. The summed E-state index contributed by atoms with van der Waals surface area (Å²) in [6, 6.07) is 17.3. The van der Waals surface area contributed by atoms with E-state index in [1.54, 1.807) is 0 Å². The van der Waals surface area contributed by atoms with Gasteiger partial charge in [-0.15, -0.1) is 0 Å². The molecule has 2 aromatic carbocycles. The zero-order chi connectivity index (χ0) is 18.2. The van der Waals surface area contributed by atoms with Gasteiger partial charge >= 0.3 is 5.97 Å². The minimum atomic E-state index is -0.328. The van der Waals surface area contributed by atoms with Crippen LogP contribution in [0.15, 0.2) is 54.6 Å². The number of esters is 1. The van der Waals surface area contributed by atoms with E-state index in [4.69, 9.17) is 4.74 Å². The van der Waals surface area contributed by atoms with Crippen LogP contribution in [0.4, 0.5) is 5.69 Å². The first kappa shape index (κ1) is 18.7. The molecule has 1 amide bonds. The highest BCUT2D eigenvalue weighted by Crippen LogP contribution is 2.24. The molecule has 25 heavy (non-hydrogen) atoms. The Balaban J connectivity index is 2.15. The lowest BCUT2D eigenvalue weighted by Gasteiger charge is -2.24. The largest absolute Gasteiger partial charge is 0.469 e. The Morgan fingerprint density at radius 2 is 1.80 bits per heavy atom. The second kappa shape index (κ2) is 8.99. The predicted octanol–water partition coefficient (Wildman–Crippen LogP) is 3.29. The predicted molar refractivity (Wildman–Crippen MR) is 97.9 cm³/mol. The number of carbonyl (C=O) groups excluding carboxylic acids is 2. The molecule has 2 rings (SSSR count). The fraction of sp³-hybridized carbons (Fsp3) is 0.300. The van der Waals surface area contributed by atoms with E-state index < -0.39 is 0 Å². The van der Waals surface area contributed by atoms with Crippen molar-refractivity contribution in [3.8, 4) is 0 Å². The number of benzene rings is 2. The van der Waals surface area contributed by atoms with Gasteiger partial charge in [-0.05, 0) is 23.3 Å². The molecule has 0 saturated heterocycles. The van der Waals surface area contributed by atoms with E-state index in [0.29, 0.717) is 6.54 Å². The van der Waals surface area contributed by atoms with Crippen LogP contribution in [0, 0.1) is 5.92 Å². The smallest absolute Gasteiger partial charge is 0.310 e. The first-order valence-corrected chi connectivity index (χ1v) is 8.24. The van der Waals surface area contributed by atoms with Gasteiger partial charge in [0, 0.05) is 25.2 Å². The van der Waals surface area contributed by atoms with Gasteiger partial charge in [0.2, 0.25) is 5.91 Å². The summed E-state index contributed by atoms with van der Waals surface area (Å²) < 4.78 is 4.90. The molecular weight excluding hydrogens is 316 g/mol. The quantitative estimate of drug-likeness (QED) is 0.759. The van der Waals surface area contributed by atoms with Crippen molar-refractivity contribution in [2.24, 2.45) is 5.92 Å². The number of anilines is 1. The second-order valence-electron chi connectivity index (χ2n) is 5.96. The van der Waals surface area contributed by atoms with Gasteiger partial charge in [0.1, 0.15) is 0 Å². The fourth-order valence-electron chi connectivity index (χ4n) is 2.76. The summed E-state index contributed by atoms with van der Waals surface area (Å²) in [5.74, 6) is -0.689. The standard InChI is InChI=1S/C20H24N2O3/c1-14(20(24)25-3)19(17-9-5-4-6-10-17)21-13-16-8-7-11-18(12-16)22-15(2)23/h4-12,14,19,21H,13H2,1-3H3,(H,22,23)/t14-,19-/m1/s1. The molecule has 0 heterocycles. The maximum atomic E-state index is 12.0. The highest BCUT2D eigenvalue weighted by Gasteiger charge is 2.25. The highest BCUT2D eigenvalue weighted by atomic mass is 16.5. The second-order valence-corrected chi connectivity index (χ2v) is 5.96. The zero-order valence-electron chi connectivity index (χ0n) is 14.8. The molecule has 0 aromatic heterocycles. The van der Waals surface area contributed by atoms with E-state index in [-0.39, 0.29) is 23.8 Å². The molecule has 0 aliphatic rings. The van der Waals surface area contributed by atoms with Crippen molar-refractivity contribution >= 4 is 17.6 Å². The first-order valence-electron chi connectivity index (χ1n) is 8.24. The Morgan fingerprint density at radius 1 is 1.08 bits per heavy atom. The maximum absolute atomic E-state index is 12.0. The molecule has 5 heteroatoms. The van der Waals surface area contributed by atoms with Crippen LogP contribution < -0.4 is 10.6 Å². The summed E-state index contributed by atoms with van der Waals surface area (Å²) >= 11 is 0. The van der Waals surface area contributed by atoms with Gasteiger partial charge in [0.25, 0.3) is 0 Å². The molecule has 0 aliphatic carbocycles. The molecule has 132 valence electrons. The van der Waals surface area contributed by atoms with Crippen LogP contribution in [0.25, 0.3) is 0 Å². The first-order chi connectivity index (χ1) is 12.0. The van der Waals surface area contributed by atoms with Gasteiger partial charge in [-0.3, -0.25) is 9.59 Å². The Morgan fingerprint density at radius 3 is 2.44 bits per heavy atom. The number of hydrogen-bond acceptors (Lipinski definition) is 4. The monoisotopic (exact) mass is 340 g/mol. The highest BCUT2D eigenvalue weighted by molar-refractivity contribution is 5.88. The number of carbonyl (C=O) groups is 2. The summed E-state index contributed by atoms with van der Waals surface area (Å²) in [6.45, 7) is 3.90. The SMILES string of the molecule is COC(=O)[C@H](C)[C@@H](NCc1cccc(NC(C)=O)c1)c1ccccc1. The van der Waals surface area contributed by atoms with Crippen LogP contribution in [-0.4, -0.2) is 19.0 Å². The lowest BCUT2D eigenvalue weighted by atomic mass is 9.94. The fourth-order valence-corrected chi connectivity index (χ4v) is 2.76. The molecule has 2 aromatic rings. The maximum Gasteiger partial charge on any atom is 0.310 e. The molecule has 2 N–H and O–H groups in total. The molecule has 0 bridgehead atoms. The molecule has 0 unspecified atom stereocenters. The normalized spacial score (nSPS) is 12.9. The van der Waals surface area contributed by atoms with Gasteiger partial charge in [-0.2, -0.15) is 0 Å². The van der Waals surface area contributed by atoms with Crippen LogP contribution in [0.3, 0.4) is 0 Å². The summed E-state index contributed by atoms with van der Waals surface area (Å²) in [5.41, 5.74) is 2.80. The van der Waals surface area contributed by atoms with Gasteiger partial charge in [-0.25, -0.2) is 0 Å². The van der Waals surface area contributed by atoms with E-state index >= 15 is 0 Å². The molecular formula is C20H24N2O3. The van der Waals surface area contributed by atoms with Gasteiger partial charge < -0.3 is 15.4 Å². The van der Waals surface area contributed by atoms with Crippen molar-refractivity contribution in [1.29, 1.82) is 0 Å². The molecule has 2 atom stereocenters. The molecule has 0 spiro atoms. The number of ether oxygens (including phenoxy) is 1. The average Bonchev–Trinajstić information content (AvgIpc) is 2.61. The lowest BCUT2D eigenvalue weighted by Crippen LogP contribution is -2.31. The number of amides is 1. The van der Waals surface area contributed by atoms with Gasteiger partial charge in [0.05, 0.1) is 13.0 Å². The topological polar surface area (TPSA) is 67.4 Å². The molecule has 5 nitrogen and oxygen atoms in total. The van der Waals surface area contributed by atoms with Crippen molar-refractivity contribution in [2.75, 3.05) is 12.4 Å². The summed E-state index contributed by atoms with van der Waals surface area (Å²) in [4.78, 5) is 23.2. The van der Waals surface area contributed by atoms with E-state index in [1.165, 1.54) is 14.0 Å². The number of rotatable bonds is 7. The minimum absolute atomic E-state index is 0.105. The van der Waals surface area contributed by atoms with E-state index in [2.05, 4.69) is 10.6 Å². The third-order valence-corrected chi connectivity index (χ3v) is 4.01. The van der Waals surface area contributed by atoms with Crippen molar-refractivity contribution in [2.45, 2.75) is 26.4 Å². The lowest BCUT2D eigenvalue weighted by molar-refractivity contribution is -0.146. The Bertz CT molecular complexity index is 716. The van der Waals surface area contributed by atoms with Crippen molar-refractivity contribution in [3.05, 3.63) is 65.7 Å². The Labute approximate surface area is 148 Å². The summed E-state index contributed by atoms with van der Waals surface area (Å²) in [7, 11) is 1.40. The molecule has 0 saturated carbocycles. The third kappa shape index (κ3) is 5.43. The van der Waals surface area contributed by atoms with Gasteiger partial charge in [-0.1, -0.05) is 49.4 Å². The Hall–Kier alpha value is -2.66. The molecule has 0 aliphatic heterocycles.